The number of amides is 1. The summed E-state index contributed by atoms with van der Waals surface area (Å²) in [4.78, 5) is 22.1. The summed E-state index contributed by atoms with van der Waals surface area (Å²) in [7, 11) is -0.325. The van der Waals surface area contributed by atoms with Crippen molar-refractivity contribution in [2.75, 3.05) is 38.1 Å². The van der Waals surface area contributed by atoms with Gasteiger partial charge in [-0.2, -0.15) is 8.42 Å². The lowest BCUT2D eigenvalue weighted by atomic mass is 10.0. The third-order valence-corrected chi connectivity index (χ3v) is 10.2. The van der Waals surface area contributed by atoms with Crippen LogP contribution in [-0.2, 0) is 28.4 Å². The highest BCUT2D eigenvalue weighted by atomic mass is 35.5. The van der Waals surface area contributed by atoms with E-state index in [1.54, 1.807) is 37.1 Å². The molecular weight excluding hydrogens is 665 g/mol. The van der Waals surface area contributed by atoms with Gasteiger partial charge in [-0.15, -0.1) is 0 Å². The molecule has 0 spiro atoms. The van der Waals surface area contributed by atoms with Crippen molar-refractivity contribution in [3.63, 3.8) is 0 Å². The first-order valence-electron chi connectivity index (χ1n) is 15.7. The molecule has 0 radical (unpaired) electrons. The van der Waals surface area contributed by atoms with Gasteiger partial charge >= 0.3 is 0 Å². The molecule has 0 unspecified atom stereocenters. The lowest BCUT2D eigenvalue weighted by Gasteiger charge is -2.36. The summed E-state index contributed by atoms with van der Waals surface area (Å²) in [6, 6.07) is 9.71. The molecule has 0 saturated heterocycles. The average molecular weight is 711 g/mol. The second-order valence-electron chi connectivity index (χ2n) is 12.4. The fourth-order valence-corrected chi connectivity index (χ4v) is 6.86. The fraction of sp³-hybridized carbons (Fsp3) is 0.515. The predicted octanol–water partition coefficient (Wildman–Crippen LogP) is 5.46. The van der Waals surface area contributed by atoms with Gasteiger partial charge in [0.15, 0.2) is 5.03 Å². The molecule has 0 aliphatic carbocycles. The van der Waals surface area contributed by atoms with Gasteiger partial charge in [0.25, 0.3) is 15.9 Å². The van der Waals surface area contributed by atoms with Crippen LogP contribution in [0.15, 0.2) is 53.9 Å². The number of hydrogen-bond donors (Lipinski definition) is 2. The summed E-state index contributed by atoms with van der Waals surface area (Å²) in [5, 5.41) is 11.1. The number of sulfonamides is 1. The van der Waals surface area contributed by atoms with Crippen LogP contribution in [0.2, 0.25) is 10.0 Å². The van der Waals surface area contributed by atoms with Gasteiger partial charge in [0.1, 0.15) is 5.75 Å². The average Bonchev–Trinajstić information content (AvgIpc) is 3.47. The Morgan fingerprint density at radius 3 is 2.60 bits per heavy atom. The van der Waals surface area contributed by atoms with E-state index in [9.17, 15) is 18.3 Å². The predicted molar refractivity (Wildman–Crippen MR) is 184 cm³/mol. The summed E-state index contributed by atoms with van der Waals surface area (Å²) in [6.07, 6.45) is 4.79. The van der Waals surface area contributed by atoms with Crippen molar-refractivity contribution in [2.45, 2.75) is 69.9 Å². The first-order valence-corrected chi connectivity index (χ1v) is 18.0. The molecular formula is C33H45Cl2N5O6S. The van der Waals surface area contributed by atoms with E-state index in [1.807, 2.05) is 33.0 Å². The number of imidazole rings is 1. The van der Waals surface area contributed by atoms with E-state index in [0.717, 1.165) is 24.8 Å². The third kappa shape index (κ3) is 10.1. The Bertz CT molecular complexity index is 1620. The number of likely N-dealkylation sites (N-methyl/N-ethyl adjacent to an activating group) is 1. The van der Waals surface area contributed by atoms with E-state index in [0.29, 0.717) is 35.5 Å². The Labute approximate surface area is 287 Å². The van der Waals surface area contributed by atoms with Crippen LogP contribution in [0.3, 0.4) is 0 Å². The zero-order valence-electron chi connectivity index (χ0n) is 27.5. The summed E-state index contributed by atoms with van der Waals surface area (Å²) in [5.41, 5.74) is 1.40. The van der Waals surface area contributed by atoms with Gasteiger partial charge < -0.3 is 24.0 Å². The summed E-state index contributed by atoms with van der Waals surface area (Å²) in [5.74, 6) is -0.168. The summed E-state index contributed by atoms with van der Waals surface area (Å²) < 4.78 is 42.9. The van der Waals surface area contributed by atoms with Crippen LogP contribution in [0, 0.1) is 5.92 Å². The number of benzene rings is 2. The highest BCUT2D eigenvalue weighted by Gasteiger charge is 2.31. The van der Waals surface area contributed by atoms with Crippen molar-refractivity contribution in [1.29, 1.82) is 0 Å². The quantitative estimate of drug-likeness (QED) is 0.300. The minimum absolute atomic E-state index is 0.124. The van der Waals surface area contributed by atoms with Crippen LogP contribution in [0.1, 0.15) is 56.0 Å². The van der Waals surface area contributed by atoms with Gasteiger partial charge in [0.2, 0.25) is 0 Å². The lowest BCUT2D eigenvalue weighted by Crippen LogP contribution is -2.47. The van der Waals surface area contributed by atoms with Gasteiger partial charge in [0, 0.05) is 51.1 Å². The first kappa shape index (κ1) is 37.0. The number of fused-ring (bicyclic) bond motifs is 1. The highest BCUT2D eigenvalue weighted by molar-refractivity contribution is 7.92. The summed E-state index contributed by atoms with van der Waals surface area (Å²) in [6.45, 7) is 7.54. The van der Waals surface area contributed by atoms with E-state index in [4.69, 9.17) is 32.7 Å². The number of hydrogen-bond acceptors (Lipinski definition) is 8. The Hall–Kier alpha value is -2.87. The smallest absolute Gasteiger partial charge is 0.280 e. The van der Waals surface area contributed by atoms with Gasteiger partial charge in [-0.3, -0.25) is 14.4 Å². The number of ether oxygens (including phenoxy) is 2. The topological polar surface area (TPSA) is 126 Å². The number of rotatable bonds is 9. The number of anilines is 1. The Balaban J connectivity index is 1.63. The van der Waals surface area contributed by atoms with E-state index >= 15 is 0 Å². The van der Waals surface area contributed by atoms with Crippen LogP contribution >= 0.6 is 23.2 Å². The molecule has 2 aromatic carbocycles. The zero-order chi connectivity index (χ0) is 34.3. The number of carbonyl (C=O) groups excluding carboxylic acids is 1. The van der Waals surface area contributed by atoms with E-state index in [1.165, 1.54) is 23.2 Å². The van der Waals surface area contributed by atoms with E-state index in [-0.39, 0.29) is 53.5 Å². The number of nitrogens with one attached hydrogen (secondary N) is 1. The summed E-state index contributed by atoms with van der Waals surface area (Å²) >= 11 is 12.4. The minimum Gasteiger partial charge on any atom is -0.490 e. The molecule has 11 nitrogen and oxygen atoms in total. The molecule has 4 rings (SSSR count). The number of aryl methyl sites for hydroxylation is 1. The lowest BCUT2D eigenvalue weighted by molar-refractivity contribution is -0.0177. The molecule has 1 aliphatic rings. The van der Waals surface area contributed by atoms with Gasteiger partial charge in [-0.25, -0.2) is 4.98 Å². The Morgan fingerprint density at radius 2 is 1.91 bits per heavy atom. The molecule has 14 heteroatoms. The van der Waals surface area contributed by atoms with Crippen LogP contribution in [0.5, 0.6) is 5.75 Å². The fourth-order valence-electron chi connectivity index (χ4n) is 5.51. The number of nitrogens with zero attached hydrogens (tertiary/aromatic N) is 4. The Morgan fingerprint density at radius 1 is 1.15 bits per heavy atom. The molecule has 258 valence electrons. The molecule has 4 atom stereocenters. The van der Waals surface area contributed by atoms with Crippen LogP contribution in [-0.4, -0.2) is 90.4 Å². The monoisotopic (exact) mass is 709 g/mol. The number of aromatic nitrogens is 2. The van der Waals surface area contributed by atoms with E-state index in [2.05, 4.69) is 14.6 Å². The first-order chi connectivity index (χ1) is 22.3. The molecule has 1 amide bonds. The normalized spacial score (nSPS) is 20.7. The molecule has 3 aromatic rings. The molecule has 1 aliphatic heterocycles. The van der Waals surface area contributed by atoms with Gasteiger partial charge in [0.05, 0.1) is 46.8 Å². The van der Waals surface area contributed by atoms with Crippen LogP contribution < -0.4 is 9.46 Å². The zero-order valence-corrected chi connectivity index (χ0v) is 29.9. The van der Waals surface area contributed by atoms with Crippen molar-refractivity contribution < 1.29 is 27.8 Å². The van der Waals surface area contributed by atoms with Gasteiger partial charge in [-0.1, -0.05) is 36.2 Å². The maximum atomic E-state index is 14.3. The Kier molecular flexibility index (Phi) is 13.0. The van der Waals surface area contributed by atoms with Crippen molar-refractivity contribution in [3.05, 3.63) is 70.1 Å². The SMILES string of the molecule is C[C@@H]1CCCCO[C@@H](CN(C)Cc2ccc(Cl)c(Cl)c2)[C@@H](C)CN([C@H](C)CO)C(=O)c2cc(NS(=O)(=O)c3cn(C)cn3)ccc2O1. The molecule has 2 heterocycles. The second kappa shape index (κ2) is 16.5. The molecule has 1 aromatic heterocycles. The molecule has 0 saturated carbocycles. The maximum absolute atomic E-state index is 14.3. The highest BCUT2D eigenvalue weighted by Crippen LogP contribution is 2.30. The third-order valence-electron chi connectivity index (χ3n) is 8.19. The molecule has 0 bridgehead atoms. The molecule has 47 heavy (non-hydrogen) atoms. The number of carbonyl (C=O) groups is 1. The number of aliphatic hydroxyl groups excluding tert-OH is 1. The second-order valence-corrected chi connectivity index (χ2v) is 14.9. The van der Waals surface area contributed by atoms with E-state index < -0.39 is 16.1 Å². The van der Waals surface area contributed by atoms with Crippen LogP contribution in [0.25, 0.3) is 0 Å². The number of halogens is 2. The minimum atomic E-state index is -4.01. The maximum Gasteiger partial charge on any atom is 0.280 e. The largest absolute Gasteiger partial charge is 0.490 e. The van der Waals surface area contributed by atoms with Crippen molar-refractivity contribution in [3.8, 4) is 5.75 Å². The molecule has 2 N–H and O–H groups in total. The molecule has 0 fully saturated rings. The van der Waals surface area contributed by atoms with Crippen molar-refractivity contribution in [2.24, 2.45) is 13.0 Å². The van der Waals surface area contributed by atoms with Crippen LogP contribution in [0.4, 0.5) is 5.69 Å². The van der Waals surface area contributed by atoms with Crippen molar-refractivity contribution >= 4 is 44.8 Å². The standard InChI is InChI=1S/C33H45Cl2N5O6S/c1-22-16-40(23(2)20-41)33(42)27-15-26(37-47(43,44)32-19-39(5)21-36-32)10-12-30(27)46-24(3)8-6-7-13-45-31(22)18-38(4)17-25-9-11-28(34)29(35)14-25/h9-12,14-15,19,21-24,31,37,41H,6-8,13,16-18,20H2,1-5H3/t22-,23+,24+,31-/m0/s1. The van der Waals surface area contributed by atoms with Gasteiger partial charge in [-0.05, 0) is 76.1 Å². The van der Waals surface area contributed by atoms with Crippen molar-refractivity contribution in [1.82, 2.24) is 19.4 Å². The number of aliphatic hydroxyl groups is 1.